The van der Waals surface area contributed by atoms with E-state index in [0.29, 0.717) is 25.4 Å². The second-order valence-electron chi connectivity index (χ2n) is 8.59. The Morgan fingerprint density at radius 3 is 2.30 bits per heavy atom. The number of carbonyl (C=O) groups is 2. The molecule has 30 heavy (non-hydrogen) atoms. The normalized spacial score (nSPS) is 17.9. The summed E-state index contributed by atoms with van der Waals surface area (Å²) in [6.45, 7) is 7.24. The molecular weight excluding hydrogens is 394 g/mol. The number of piperidine rings is 2. The van der Waals surface area contributed by atoms with Crippen molar-refractivity contribution < 1.29 is 9.59 Å². The fourth-order valence-corrected chi connectivity index (χ4v) is 5.47. The lowest BCUT2D eigenvalue weighted by Gasteiger charge is -2.35. The molecule has 3 heterocycles. The Morgan fingerprint density at radius 1 is 0.967 bits per heavy atom. The van der Waals surface area contributed by atoms with Gasteiger partial charge in [0.25, 0.3) is 0 Å². The molecule has 2 aliphatic rings. The maximum Gasteiger partial charge on any atom is 0.227 e. The van der Waals surface area contributed by atoms with Crippen molar-refractivity contribution in [1.29, 1.82) is 0 Å². The third-order valence-corrected chi connectivity index (χ3v) is 7.28. The molecule has 0 spiro atoms. The molecule has 160 valence electrons. The number of rotatable bonds is 4. The fraction of sp³-hybridized carbons (Fsp3) is 0.542. The number of thiazole rings is 1. The highest BCUT2D eigenvalue weighted by molar-refractivity contribution is 7.12. The van der Waals surface area contributed by atoms with Crippen LogP contribution in [0.3, 0.4) is 0 Å². The minimum Gasteiger partial charge on any atom is -0.342 e. The maximum absolute atomic E-state index is 13.0. The Labute approximate surface area is 183 Å². The number of amides is 2. The number of carbonyl (C=O) groups excluding carboxylic acids is 2. The Kier molecular flexibility index (Phi) is 6.52. The molecule has 6 heteroatoms. The lowest BCUT2D eigenvalue weighted by molar-refractivity contribution is -0.141. The first-order chi connectivity index (χ1) is 14.5. The smallest absolute Gasteiger partial charge is 0.227 e. The monoisotopic (exact) mass is 425 g/mol. The van der Waals surface area contributed by atoms with E-state index in [1.54, 1.807) is 11.3 Å². The topological polar surface area (TPSA) is 53.5 Å². The summed E-state index contributed by atoms with van der Waals surface area (Å²) in [6, 6.07) is 8.32. The molecule has 2 fully saturated rings. The number of benzene rings is 1. The maximum atomic E-state index is 13.0. The standard InChI is InChI=1S/C24H31N3O2S/c1-17-6-8-19(9-7-17)23-21(30-18(2)25-23)16-22(28)26-14-10-20(11-15-26)24(29)27-12-4-3-5-13-27/h6-9,20H,3-5,10-16H2,1-2H3. The van der Waals surface area contributed by atoms with Gasteiger partial charge in [0, 0.05) is 42.5 Å². The van der Waals surface area contributed by atoms with Crippen molar-refractivity contribution in [3.63, 3.8) is 0 Å². The summed E-state index contributed by atoms with van der Waals surface area (Å²) >= 11 is 1.61. The molecule has 0 radical (unpaired) electrons. The van der Waals surface area contributed by atoms with Crippen LogP contribution in [0.5, 0.6) is 0 Å². The minimum absolute atomic E-state index is 0.0842. The summed E-state index contributed by atoms with van der Waals surface area (Å²) in [4.78, 5) is 35.5. The quantitative estimate of drug-likeness (QED) is 0.737. The van der Waals surface area contributed by atoms with E-state index in [9.17, 15) is 9.59 Å². The van der Waals surface area contributed by atoms with Gasteiger partial charge in [0.15, 0.2) is 0 Å². The average Bonchev–Trinajstić information content (AvgIpc) is 3.14. The van der Waals surface area contributed by atoms with E-state index in [-0.39, 0.29) is 11.8 Å². The second kappa shape index (κ2) is 9.29. The Bertz CT molecular complexity index is 892. The van der Waals surface area contributed by atoms with Crippen molar-refractivity contribution in [1.82, 2.24) is 14.8 Å². The van der Waals surface area contributed by atoms with Crippen LogP contribution in [0.2, 0.25) is 0 Å². The van der Waals surface area contributed by atoms with E-state index in [1.807, 2.05) is 16.7 Å². The molecule has 2 saturated heterocycles. The lowest BCUT2D eigenvalue weighted by atomic mass is 9.94. The molecule has 5 nitrogen and oxygen atoms in total. The molecule has 0 atom stereocenters. The zero-order chi connectivity index (χ0) is 21.1. The average molecular weight is 426 g/mol. The van der Waals surface area contributed by atoms with E-state index < -0.39 is 0 Å². The third kappa shape index (κ3) is 4.75. The summed E-state index contributed by atoms with van der Waals surface area (Å²) in [5.74, 6) is 0.540. The van der Waals surface area contributed by atoms with Crippen LogP contribution in [0.15, 0.2) is 24.3 Å². The third-order valence-electron chi connectivity index (χ3n) is 6.31. The first kappa shape index (κ1) is 21.0. The molecule has 1 aromatic carbocycles. The van der Waals surface area contributed by atoms with Crippen molar-refractivity contribution in [2.75, 3.05) is 26.2 Å². The van der Waals surface area contributed by atoms with E-state index in [2.05, 4.69) is 31.2 Å². The molecule has 0 unspecified atom stereocenters. The number of nitrogens with zero attached hydrogens (tertiary/aromatic N) is 3. The van der Waals surface area contributed by atoms with Gasteiger partial charge < -0.3 is 9.80 Å². The zero-order valence-electron chi connectivity index (χ0n) is 18.0. The highest BCUT2D eigenvalue weighted by Crippen LogP contribution is 2.30. The summed E-state index contributed by atoms with van der Waals surface area (Å²) in [5.41, 5.74) is 3.21. The van der Waals surface area contributed by atoms with Crippen molar-refractivity contribution in [2.45, 2.75) is 52.4 Å². The molecule has 0 N–H and O–H groups in total. The highest BCUT2D eigenvalue weighted by Gasteiger charge is 2.31. The lowest BCUT2D eigenvalue weighted by Crippen LogP contribution is -2.46. The van der Waals surface area contributed by atoms with Gasteiger partial charge in [-0.2, -0.15) is 0 Å². The molecular formula is C24H31N3O2S. The van der Waals surface area contributed by atoms with E-state index in [0.717, 1.165) is 59.9 Å². The SMILES string of the molecule is Cc1ccc(-c2nc(C)sc2CC(=O)N2CCC(C(=O)N3CCCCC3)CC2)cc1. The molecule has 0 aliphatic carbocycles. The number of aromatic nitrogens is 1. The predicted octanol–water partition coefficient (Wildman–Crippen LogP) is 4.22. The van der Waals surface area contributed by atoms with Gasteiger partial charge in [-0.1, -0.05) is 29.8 Å². The number of aryl methyl sites for hydroxylation is 2. The van der Waals surface area contributed by atoms with Crippen LogP contribution >= 0.6 is 11.3 Å². The van der Waals surface area contributed by atoms with E-state index in [1.165, 1.54) is 12.0 Å². The fourth-order valence-electron chi connectivity index (χ4n) is 4.52. The van der Waals surface area contributed by atoms with Gasteiger partial charge in [0.2, 0.25) is 11.8 Å². The van der Waals surface area contributed by atoms with Gasteiger partial charge in [-0.25, -0.2) is 4.98 Å². The van der Waals surface area contributed by atoms with Gasteiger partial charge in [-0.3, -0.25) is 9.59 Å². The van der Waals surface area contributed by atoms with Crippen molar-refractivity contribution in [3.8, 4) is 11.3 Å². The van der Waals surface area contributed by atoms with Gasteiger partial charge in [-0.15, -0.1) is 11.3 Å². The van der Waals surface area contributed by atoms with Crippen molar-refractivity contribution in [2.24, 2.45) is 5.92 Å². The summed E-state index contributed by atoms with van der Waals surface area (Å²) in [7, 11) is 0. The minimum atomic E-state index is 0.0842. The van der Waals surface area contributed by atoms with Crippen LogP contribution in [0.4, 0.5) is 0 Å². The van der Waals surface area contributed by atoms with Gasteiger partial charge >= 0.3 is 0 Å². The first-order valence-corrected chi connectivity index (χ1v) is 11.9. The Balaban J connectivity index is 1.36. The predicted molar refractivity (Wildman–Crippen MR) is 120 cm³/mol. The highest BCUT2D eigenvalue weighted by atomic mass is 32.1. The molecule has 2 aromatic rings. The van der Waals surface area contributed by atoms with E-state index >= 15 is 0 Å². The first-order valence-electron chi connectivity index (χ1n) is 11.1. The molecule has 2 amide bonds. The van der Waals surface area contributed by atoms with Crippen LogP contribution in [0.1, 0.15) is 47.6 Å². The van der Waals surface area contributed by atoms with Crippen LogP contribution in [-0.2, 0) is 16.0 Å². The molecule has 0 bridgehead atoms. The summed E-state index contributed by atoms with van der Waals surface area (Å²) in [6.07, 6.45) is 5.44. The number of hydrogen-bond donors (Lipinski definition) is 0. The van der Waals surface area contributed by atoms with Crippen LogP contribution < -0.4 is 0 Å². The van der Waals surface area contributed by atoms with Gasteiger partial charge in [0.05, 0.1) is 17.1 Å². The number of hydrogen-bond acceptors (Lipinski definition) is 4. The van der Waals surface area contributed by atoms with Crippen molar-refractivity contribution >= 4 is 23.2 Å². The molecule has 0 saturated carbocycles. The number of likely N-dealkylation sites (tertiary alicyclic amines) is 2. The van der Waals surface area contributed by atoms with Gasteiger partial charge in [0.1, 0.15) is 0 Å². The molecule has 2 aliphatic heterocycles. The molecule has 1 aromatic heterocycles. The van der Waals surface area contributed by atoms with Crippen LogP contribution in [-0.4, -0.2) is 52.8 Å². The van der Waals surface area contributed by atoms with E-state index in [4.69, 9.17) is 4.98 Å². The van der Waals surface area contributed by atoms with Gasteiger partial charge in [-0.05, 0) is 46.0 Å². The Hall–Kier alpha value is -2.21. The molecule has 4 rings (SSSR count). The summed E-state index contributed by atoms with van der Waals surface area (Å²) < 4.78 is 0. The second-order valence-corrected chi connectivity index (χ2v) is 9.88. The van der Waals surface area contributed by atoms with Crippen molar-refractivity contribution in [3.05, 3.63) is 39.7 Å². The largest absolute Gasteiger partial charge is 0.342 e. The van der Waals surface area contributed by atoms with Crippen LogP contribution in [0.25, 0.3) is 11.3 Å². The van der Waals surface area contributed by atoms with Crippen LogP contribution in [0, 0.1) is 19.8 Å². The zero-order valence-corrected chi connectivity index (χ0v) is 18.8. The Morgan fingerprint density at radius 2 is 1.63 bits per heavy atom. The summed E-state index contributed by atoms with van der Waals surface area (Å²) in [5, 5.41) is 0.985.